The number of hydrogen-bond acceptors (Lipinski definition) is 4. The van der Waals surface area contributed by atoms with Crippen molar-refractivity contribution in [3.05, 3.63) is 30.0 Å². The lowest BCUT2D eigenvalue weighted by atomic mass is 9.91. The van der Waals surface area contributed by atoms with Gasteiger partial charge in [-0.15, -0.1) is 0 Å². The van der Waals surface area contributed by atoms with Crippen LogP contribution < -0.4 is 15.0 Å². The predicted octanol–water partition coefficient (Wildman–Crippen LogP) is 4.48. The van der Waals surface area contributed by atoms with Crippen molar-refractivity contribution in [2.45, 2.75) is 82.9 Å². The highest BCUT2D eigenvalue weighted by Gasteiger charge is 2.39. The Hall–Kier alpha value is -2.34. The van der Waals surface area contributed by atoms with Crippen molar-refractivity contribution < 1.29 is 9.53 Å². The SMILES string of the molecule is C[C@H]1CCc2c(ccc(-c3ccnn3C3CCNCC3)c2OC2CCC2)N1C(=O)C1CC1. The fourth-order valence-electron chi connectivity index (χ4n) is 5.53. The average Bonchev–Trinajstić information content (AvgIpc) is 3.53. The van der Waals surface area contributed by atoms with Gasteiger partial charge in [-0.1, -0.05) is 0 Å². The second kappa shape index (κ2) is 8.22. The van der Waals surface area contributed by atoms with E-state index in [2.05, 4.69) is 40.0 Å². The molecule has 1 aromatic heterocycles. The summed E-state index contributed by atoms with van der Waals surface area (Å²) in [7, 11) is 0. The molecule has 32 heavy (non-hydrogen) atoms. The van der Waals surface area contributed by atoms with E-state index in [1.54, 1.807) is 0 Å². The Labute approximate surface area is 190 Å². The number of piperidine rings is 1. The highest BCUT2D eigenvalue weighted by molar-refractivity contribution is 5.99. The minimum absolute atomic E-state index is 0.223. The van der Waals surface area contributed by atoms with Crippen molar-refractivity contribution in [1.29, 1.82) is 0 Å². The Morgan fingerprint density at radius 2 is 1.88 bits per heavy atom. The van der Waals surface area contributed by atoms with E-state index in [1.165, 1.54) is 12.0 Å². The zero-order chi connectivity index (χ0) is 21.7. The summed E-state index contributed by atoms with van der Waals surface area (Å²) in [5.41, 5.74) is 4.58. The first-order valence-corrected chi connectivity index (χ1v) is 12.6. The van der Waals surface area contributed by atoms with Gasteiger partial charge in [0.1, 0.15) is 5.75 Å². The normalized spacial score (nSPS) is 24.2. The molecule has 1 amide bonds. The highest BCUT2D eigenvalue weighted by atomic mass is 16.5. The third-order valence-corrected chi connectivity index (χ3v) is 7.85. The second-order valence-electron chi connectivity index (χ2n) is 10.1. The van der Waals surface area contributed by atoms with E-state index in [9.17, 15) is 4.79 Å². The number of carbonyl (C=O) groups excluding carboxylic acids is 1. The van der Waals surface area contributed by atoms with Crippen molar-refractivity contribution in [3.8, 4) is 17.0 Å². The number of fused-ring (bicyclic) bond motifs is 1. The van der Waals surface area contributed by atoms with Crippen molar-refractivity contribution in [2.24, 2.45) is 5.92 Å². The van der Waals surface area contributed by atoms with Gasteiger partial charge in [0.2, 0.25) is 5.91 Å². The maximum Gasteiger partial charge on any atom is 0.230 e. The molecule has 2 aliphatic heterocycles. The number of amides is 1. The van der Waals surface area contributed by atoms with Gasteiger partial charge in [0.15, 0.2) is 0 Å². The van der Waals surface area contributed by atoms with E-state index in [0.717, 1.165) is 87.2 Å². The Balaban J connectivity index is 1.44. The number of anilines is 1. The van der Waals surface area contributed by atoms with Gasteiger partial charge in [-0.25, -0.2) is 0 Å². The average molecular weight is 435 g/mol. The molecule has 3 fully saturated rings. The van der Waals surface area contributed by atoms with Crippen molar-refractivity contribution in [1.82, 2.24) is 15.1 Å². The Morgan fingerprint density at radius 3 is 2.59 bits per heavy atom. The Kier molecular flexibility index (Phi) is 5.21. The smallest absolute Gasteiger partial charge is 0.230 e. The van der Waals surface area contributed by atoms with Crippen LogP contribution in [0.3, 0.4) is 0 Å². The lowest BCUT2D eigenvalue weighted by Crippen LogP contribution is -2.43. The third kappa shape index (κ3) is 3.53. The standard InChI is InChI=1S/C26H34N4O2/c1-17-5-8-21-23(29(17)26(31)18-6-7-18)10-9-22(25(21)32-20-3-2-4-20)24-13-16-28-30(24)19-11-14-27-15-12-19/h9-10,13,16-20,27H,2-8,11-12,14-15H2,1H3/t17-/m0/s1. The molecule has 1 N–H and O–H groups in total. The summed E-state index contributed by atoms with van der Waals surface area (Å²) in [6.07, 6.45) is 11.9. The summed E-state index contributed by atoms with van der Waals surface area (Å²) in [4.78, 5) is 15.3. The predicted molar refractivity (Wildman–Crippen MR) is 125 cm³/mol. The van der Waals surface area contributed by atoms with Gasteiger partial charge >= 0.3 is 0 Å². The quantitative estimate of drug-likeness (QED) is 0.754. The van der Waals surface area contributed by atoms with Gasteiger partial charge in [-0.2, -0.15) is 5.10 Å². The fourth-order valence-corrected chi connectivity index (χ4v) is 5.53. The second-order valence-corrected chi connectivity index (χ2v) is 10.1. The third-order valence-electron chi connectivity index (χ3n) is 7.85. The summed E-state index contributed by atoms with van der Waals surface area (Å²) in [6.45, 7) is 4.27. The maximum atomic E-state index is 13.2. The fraction of sp³-hybridized carbons (Fsp3) is 0.615. The van der Waals surface area contributed by atoms with Crippen LogP contribution in [-0.4, -0.2) is 40.9 Å². The van der Waals surface area contributed by atoms with E-state index < -0.39 is 0 Å². The Morgan fingerprint density at radius 1 is 1.06 bits per heavy atom. The van der Waals surface area contributed by atoms with Crippen LogP contribution >= 0.6 is 0 Å². The number of benzene rings is 1. The minimum Gasteiger partial charge on any atom is -0.489 e. The molecular weight excluding hydrogens is 400 g/mol. The molecule has 3 heterocycles. The van der Waals surface area contributed by atoms with Crippen LogP contribution in [0, 0.1) is 5.92 Å². The largest absolute Gasteiger partial charge is 0.489 e. The molecule has 6 nitrogen and oxygen atoms in total. The van der Waals surface area contributed by atoms with E-state index in [0.29, 0.717) is 18.1 Å². The minimum atomic E-state index is 0.223. The summed E-state index contributed by atoms with van der Waals surface area (Å²) in [5, 5.41) is 8.20. The van der Waals surface area contributed by atoms with Gasteiger partial charge in [0, 0.05) is 29.3 Å². The summed E-state index contributed by atoms with van der Waals surface area (Å²) >= 11 is 0. The molecule has 0 bridgehead atoms. The molecule has 170 valence electrons. The number of nitrogens with zero attached hydrogens (tertiary/aromatic N) is 3. The molecule has 2 aromatic rings. The van der Waals surface area contributed by atoms with Crippen LogP contribution in [0.5, 0.6) is 5.75 Å². The summed E-state index contributed by atoms with van der Waals surface area (Å²) in [6, 6.07) is 7.16. The molecule has 1 aromatic carbocycles. The molecule has 2 saturated carbocycles. The van der Waals surface area contributed by atoms with Gasteiger partial charge in [-0.3, -0.25) is 9.48 Å². The van der Waals surface area contributed by atoms with Crippen molar-refractivity contribution in [2.75, 3.05) is 18.0 Å². The molecule has 1 atom stereocenters. The van der Waals surface area contributed by atoms with Crippen LogP contribution in [0.25, 0.3) is 11.3 Å². The van der Waals surface area contributed by atoms with Gasteiger partial charge in [-0.05, 0) is 96.0 Å². The first-order valence-electron chi connectivity index (χ1n) is 12.6. The number of aromatic nitrogens is 2. The van der Waals surface area contributed by atoms with Crippen LogP contribution in [0.15, 0.2) is 24.4 Å². The van der Waals surface area contributed by atoms with Gasteiger partial charge < -0.3 is 15.0 Å². The maximum absolute atomic E-state index is 13.2. The van der Waals surface area contributed by atoms with Crippen LogP contribution in [0.2, 0.25) is 0 Å². The topological polar surface area (TPSA) is 59.4 Å². The van der Waals surface area contributed by atoms with E-state index in [4.69, 9.17) is 9.84 Å². The number of ether oxygens (including phenoxy) is 1. The van der Waals surface area contributed by atoms with Crippen molar-refractivity contribution >= 4 is 11.6 Å². The van der Waals surface area contributed by atoms with Gasteiger partial charge in [0.05, 0.1) is 23.5 Å². The molecule has 0 spiro atoms. The number of rotatable bonds is 5. The summed E-state index contributed by atoms with van der Waals surface area (Å²) < 4.78 is 8.91. The van der Waals surface area contributed by atoms with Gasteiger partial charge in [0.25, 0.3) is 0 Å². The molecular formula is C26H34N4O2. The zero-order valence-electron chi connectivity index (χ0n) is 19.1. The number of nitrogens with one attached hydrogen (secondary N) is 1. The highest BCUT2D eigenvalue weighted by Crippen LogP contribution is 2.46. The lowest BCUT2D eigenvalue weighted by molar-refractivity contribution is -0.120. The monoisotopic (exact) mass is 434 g/mol. The molecule has 2 aliphatic carbocycles. The van der Waals surface area contributed by atoms with E-state index in [1.807, 2.05) is 6.20 Å². The summed E-state index contributed by atoms with van der Waals surface area (Å²) in [5.74, 6) is 1.53. The first-order chi connectivity index (χ1) is 15.7. The number of carbonyl (C=O) groups is 1. The zero-order valence-corrected chi connectivity index (χ0v) is 19.1. The Bertz CT molecular complexity index is 1000. The molecule has 4 aliphatic rings. The number of hydrogen-bond donors (Lipinski definition) is 1. The molecule has 0 unspecified atom stereocenters. The molecule has 6 rings (SSSR count). The van der Waals surface area contributed by atoms with Crippen LogP contribution in [0.1, 0.15) is 69.9 Å². The van der Waals surface area contributed by atoms with Crippen LogP contribution in [-0.2, 0) is 11.2 Å². The van der Waals surface area contributed by atoms with E-state index >= 15 is 0 Å². The van der Waals surface area contributed by atoms with Crippen molar-refractivity contribution in [3.63, 3.8) is 0 Å². The first kappa shape index (κ1) is 20.3. The lowest BCUT2D eigenvalue weighted by Gasteiger charge is -2.38. The van der Waals surface area contributed by atoms with E-state index in [-0.39, 0.29) is 12.0 Å². The van der Waals surface area contributed by atoms with Crippen LogP contribution in [0.4, 0.5) is 5.69 Å². The molecule has 0 radical (unpaired) electrons. The molecule has 1 saturated heterocycles. The molecule has 6 heteroatoms.